The van der Waals surface area contributed by atoms with E-state index in [-0.39, 0.29) is 0 Å². The molecule has 5 heterocycles. The molecule has 0 aliphatic heterocycles. The Bertz CT molecular complexity index is 1500. The summed E-state index contributed by atoms with van der Waals surface area (Å²) in [4.78, 5) is 21.5. The van der Waals surface area contributed by atoms with Crippen LogP contribution < -0.4 is 0 Å². The molecule has 6 aromatic rings. The van der Waals surface area contributed by atoms with Crippen LogP contribution in [0.3, 0.4) is 0 Å². The van der Waals surface area contributed by atoms with Gasteiger partial charge in [-0.3, -0.25) is 10.1 Å². The summed E-state index contributed by atoms with van der Waals surface area (Å²) in [7, 11) is 0. The third kappa shape index (κ3) is 2.52. The van der Waals surface area contributed by atoms with Crippen molar-refractivity contribution in [2.24, 2.45) is 0 Å². The summed E-state index contributed by atoms with van der Waals surface area (Å²) in [6, 6.07) is 9.30. The van der Waals surface area contributed by atoms with Crippen LogP contribution in [-0.4, -0.2) is 35.1 Å². The summed E-state index contributed by atoms with van der Waals surface area (Å²) in [6.07, 6.45) is 6.31. The number of nitrogens with zero attached hydrogens (tertiary/aromatic N) is 5. The number of rotatable bonds is 3. The fourth-order valence-corrected chi connectivity index (χ4v) is 4.27. The van der Waals surface area contributed by atoms with Gasteiger partial charge in [0.2, 0.25) is 0 Å². The third-order valence-electron chi connectivity index (χ3n) is 4.92. The van der Waals surface area contributed by atoms with Crippen LogP contribution in [0.5, 0.6) is 0 Å². The lowest BCUT2D eigenvalue weighted by atomic mass is 10.0. The number of hydrogen-bond acceptors (Lipinski definition) is 6. The standard InChI is InChI=1S/C21H12FN7S/c22-17-12(11-8-23-10-24-9-11)3-4-13-16(17)20(29-28-13)21-26-14-5-6-25-19(18(14)27-21)15-2-1-7-30-15/h1-10H,(H,26,27)(H,28,29). The lowest BCUT2D eigenvalue weighted by Crippen LogP contribution is -1.90. The van der Waals surface area contributed by atoms with Gasteiger partial charge in [0.05, 0.1) is 21.3 Å². The van der Waals surface area contributed by atoms with Gasteiger partial charge in [-0.05, 0) is 29.6 Å². The first kappa shape index (κ1) is 16.9. The zero-order chi connectivity index (χ0) is 20.1. The van der Waals surface area contributed by atoms with Gasteiger partial charge in [0, 0.05) is 29.7 Å². The molecule has 0 saturated heterocycles. The van der Waals surface area contributed by atoms with Crippen LogP contribution in [-0.2, 0) is 0 Å². The van der Waals surface area contributed by atoms with Gasteiger partial charge in [0.25, 0.3) is 0 Å². The van der Waals surface area contributed by atoms with Crippen LogP contribution in [0.2, 0.25) is 0 Å². The highest BCUT2D eigenvalue weighted by atomic mass is 32.1. The maximum absolute atomic E-state index is 15.5. The molecule has 0 aliphatic rings. The molecule has 0 atom stereocenters. The molecule has 0 amide bonds. The summed E-state index contributed by atoms with van der Waals surface area (Å²) in [5.74, 6) is 0.0746. The maximum Gasteiger partial charge on any atom is 0.159 e. The molecule has 7 nitrogen and oxygen atoms in total. The van der Waals surface area contributed by atoms with E-state index in [4.69, 9.17) is 4.98 Å². The average molecular weight is 413 g/mol. The van der Waals surface area contributed by atoms with Crippen molar-refractivity contribution in [3.8, 4) is 33.2 Å². The number of nitrogens with one attached hydrogen (secondary N) is 2. The fourth-order valence-electron chi connectivity index (χ4n) is 3.55. The predicted octanol–water partition coefficient (Wildman–Crippen LogP) is 4.83. The van der Waals surface area contributed by atoms with Crippen molar-refractivity contribution in [3.05, 3.63) is 66.4 Å². The monoisotopic (exact) mass is 413 g/mol. The zero-order valence-electron chi connectivity index (χ0n) is 15.3. The minimum absolute atomic E-state index is 0.362. The van der Waals surface area contributed by atoms with E-state index in [0.717, 1.165) is 21.6 Å². The number of hydrogen-bond donors (Lipinski definition) is 2. The molecular formula is C21H12FN7S. The molecule has 5 aromatic heterocycles. The van der Waals surface area contributed by atoms with Crippen LogP contribution >= 0.6 is 11.3 Å². The van der Waals surface area contributed by atoms with Crippen molar-refractivity contribution in [3.63, 3.8) is 0 Å². The molecule has 0 saturated carbocycles. The number of aromatic amines is 2. The van der Waals surface area contributed by atoms with Gasteiger partial charge in [-0.25, -0.2) is 19.3 Å². The highest BCUT2D eigenvalue weighted by Crippen LogP contribution is 2.35. The molecule has 0 radical (unpaired) electrons. The van der Waals surface area contributed by atoms with Gasteiger partial charge in [-0.15, -0.1) is 11.3 Å². The van der Waals surface area contributed by atoms with E-state index in [1.54, 1.807) is 42.1 Å². The third-order valence-corrected chi connectivity index (χ3v) is 5.79. The fraction of sp³-hybridized carbons (Fsp3) is 0. The Labute approximate surface area is 172 Å². The average Bonchev–Trinajstić information content (AvgIpc) is 3.53. The highest BCUT2D eigenvalue weighted by Gasteiger charge is 2.20. The van der Waals surface area contributed by atoms with Gasteiger partial charge in [-0.1, -0.05) is 6.07 Å². The number of H-pyrrole nitrogens is 2. The Hall–Kier alpha value is -3.98. The molecular weight excluding hydrogens is 401 g/mol. The normalized spacial score (nSPS) is 11.5. The van der Waals surface area contributed by atoms with Crippen molar-refractivity contribution >= 4 is 33.3 Å². The Morgan fingerprint density at radius 1 is 0.967 bits per heavy atom. The minimum Gasteiger partial charge on any atom is -0.336 e. The van der Waals surface area contributed by atoms with Crippen LogP contribution in [0.4, 0.5) is 4.39 Å². The number of aromatic nitrogens is 7. The van der Waals surface area contributed by atoms with E-state index in [0.29, 0.717) is 33.5 Å². The van der Waals surface area contributed by atoms with Gasteiger partial charge in [0.1, 0.15) is 29.0 Å². The van der Waals surface area contributed by atoms with Crippen molar-refractivity contribution < 1.29 is 4.39 Å². The molecule has 0 aliphatic carbocycles. The van der Waals surface area contributed by atoms with E-state index < -0.39 is 5.82 Å². The molecule has 144 valence electrons. The van der Waals surface area contributed by atoms with Crippen molar-refractivity contribution in [1.29, 1.82) is 0 Å². The van der Waals surface area contributed by atoms with E-state index in [2.05, 4.69) is 30.1 Å². The summed E-state index contributed by atoms with van der Waals surface area (Å²) >= 11 is 1.59. The van der Waals surface area contributed by atoms with Gasteiger partial charge >= 0.3 is 0 Å². The van der Waals surface area contributed by atoms with E-state index in [1.165, 1.54) is 6.33 Å². The number of pyridine rings is 1. The largest absolute Gasteiger partial charge is 0.336 e. The Morgan fingerprint density at radius 3 is 2.70 bits per heavy atom. The number of benzene rings is 1. The van der Waals surface area contributed by atoms with Crippen molar-refractivity contribution in [1.82, 2.24) is 35.1 Å². The molecule has 2 N–H and O–H groups in total. The SMILES string of the molecule is Fc1c(-c2cncnc2)ccc2[nH]nc(-c3nc4c(-c5cccs5)nccc4[nH]3)c12. The van der Waals surface area contributed by atoms with Crippen molar-refractivity contribution in [2.45, 2.75) is 0 Å². The Balaban J connectivity index is 1.57. The van der Waals surface area contributed by atoms with Gasteiger partial charge < -0.3 is 4.98 Å². The number of fused-ring (bicyclic) bond motifs is 2. The second-order valence-electron chi connectivity index (χ2n) is 6.67. The molecule has 30 heavy (non-hydrogen) atoms. The van der Waals surface area contributed by atoms with E-state index in [1.807, 2.05) is 23.6 Å². The van der Waals surface area contributed by atoms with E-state index >= 15 is 4.39 Å². The van der Waals surface area contributed by atoms with Crippen LogP contribution in [0.25, 0.3) is 55.2 Å². The lowest BCUT2D eigenvalue weighted by molar-refractivity contribution is 0.643. The Kier molecular flexibility index (Phi) is 3.68. The minimum atomic E-state index is -0.400. The number of imidazole rings is 1. The summed E-state index contributed by atoms with van der Waals surface area (Å²) in [5.41, 5.74) is 4.31. The number of thiophene rings is 1. The lowest BCUT2D eigenvalue weighted by Gasteiger charge is -2.04. The number of halogens is 1. The van der Waals surface area contributed by atoms with Crippen LogP contribution in [0.15, 0.2) is 60.6 Å². The molecule has 9 heteroatoms. The molecule has 0 bridgehead atoms. The van der Waals surface area contributed by atoms with Gasteiger partial charge in [-0.2, -0.15) is 5.10 Å². The molecule has 0 fully saturated rings. The van der Waals surface area contributed by atoms with Crippen molar-refractivity contribution in [2.75, 3.05) is 0 Å². The quantitative estimate of drug-likeness (QED) is 0.433. The summed E-state index contributed by atoms with van der Waals surface area (Å²) in [5, 5.41) is 9.60. The molecule has 6 rings (SSSR count). The molecule has 0 unspecified atom stereocenters. The second-order valence-corrected chi connectivity index (χ2v) is 7.62. The first-order chi connectivity index (χ1) is 14.8. The highest BCUT2D eigenvalue weighted by molar-refractivity contribution is 7.13. The van der Waals surface area contributed by atoms with E-state index in [9.17, 15) is 0 Å². The zero-order valence-corrected chi connectivity index (χ0v) is 16.1. The first-order valence-corrected chi connectivity index (χ1v) is 9.98. The summed E-state index contributed by atoms with van der Waals surface area (Å²) in [6.45, 7) is 0. The smallest absolute Gasteiger partial charge is 0.159 e. The van der Waals surface area contributed by atoms with Crippen LogP contribution in [0, 0.1) is 5.82 Å². The topological polar surface area (TPSA) is 96.0 Å². The summed E-state index contributed by atoms with van der Waals surface area (Å²) < 4.78 is 15.5. The van der Waals surface area contributed by atoms with Crippen LogP contribution in [0.1, 0.15) is 0 Å². The second kappa shape index (κ2) is 6.53. The molecule has 0 spiro atoms. The first-order valence-electron chi connectivity index (χ1n) is 9.10. The van der Waals surface area contributed by atoms with Gasteiger partial charge in [0.15, 0.2) is 5.82 Å². The Morgan fingerprint density at radius 2 is 1.87 bits per heavy atom. The maximum atomic E-state index is 15.5. The molecule has 1 aromatic carbocycles. The predicted molar refractivity (Wildman–Crippen MR) is 113 cm³/mol.